The van der Waals surface area contributed by atoms with Gasteiger partial charge in [-0.2, -0.15) is 0 Å². The van der Waals surface area contributed by atoms with E-state index in [4.69, 9.17) is 5.11 Å². The zero-order chi connectivity index (χ0) is 7.40. The van der Waals surface area contributed by atoms with E-state index in [1.54, 1.807) is 0 Å². The van der Waals surface area contributed by atoms with E-state index in [-0.39, 0.29) is 6.61 Å². The van der Waals surface area contributed by atoms with Gasteiger partial charge in [0, 0.05) is 10.2 Å². The summed E-state index contributed by atoms with van der Waals surface area (Å²) in [7, 11) is 0. The van der Waals surface area contributed by atoms with Gasteiger partial charge in [-0.1, -0.05) is 18.2 Å². The van der Waals surface area contributed by atoms with Gasteiger partial charge in [-0.25, -0.2) is 0 Å². The predicted octanol–water partition coefficient (Wildman–Crippen LogP) is 1.83. The van der Waals surface area contributed by atoms with Crippen LogP contribution in [0.4, 0.5) is 0 Å². The van der Waals surface area contributed by atoms with E-state index in [0.29, 0.717) is 0 Å². The molecule has 0 saturated carbocycles. The number of benzene rings is 1. The molecule has 0 aliphatic carbocycles. The van der Waals surface area contributed by atoms with Crippen molar-refractivity contribution in [3.8, 4) is 0 Å². The molecule has 1 aromatic carbocycles. The Kier molecular flexibility index (Phi) is 3.15. The quantitative estimate of drug-likeness (QED) is 0.791. The molecule has 1 aromatic rings. The Morgan fingerprint density at radius 3 is 2.60 bits per heavy atom. The lowest BCUT2D eigenvalue weighted by molar-refractivity contribution is 0.299. The third-order valence-corrected chi connectivity index (χ3v) is 2.39. The van der Waals surface area contributed by atoms with Crippen LogP contribution in [-0.4, -0.2) is 11.7 Å². The van der Waals surface area contributed by atoms with E-state index in [9.17, 15) is 0 Å². The first-order valence-corrected chi connectivity index (χ1v) is 4.26. The molecule has 0 radical (unpaired) electrons. The van der Waals surface area contributed by atoms with Crippen LogP contribution in [0.1, 0.15) is 5.56 Å². The van der Waals surface area contributed by atoms with Crippen LogP contribution >= 0.6 is 22.6 Å². The summed E-state index contributed by atoms with van der Waals surface area (Å²) in [5.74, 6) is 0. The van der Waals surface area contributed by atoms with Crippen molar-refractivity contribution in [1.82, 2.24) is 0 Å². The second kappa shape index (κ2) is 3.93. The van der Waals surface area contributed by atoms with Gasteiger partial charge in [0.2, 0.25) is 0 Å². The molecule has 10 heavy (non-hydrogen) atoms. The maximum atomic E-state index is 8.64. The van der Waals surface area contributed by atoms with Gasteiger partial charge in [0.1, 0.15) is 0 Å². The predicted molar refractivity (Wildman–Crippen MR) is 49.9 cm³/mol. The summed E-state index contributed by atoms with van der Waals surface area (Å²) in [5, 5.41) is 8.64. The Hall–Kier alpha value is -0.0900. The largest absolute Gasteiger partial charge is 0.396 e. The Balaban J connectivity index is 2.81. The number of hydrogen-bond donors (Lipinski definition) is 1. The first-order valence-electron chi connectivity index (χ1n) is 3.19. The Morgan fingerprint density at radius 2 is 2.00 bits per heavy atom. The van der Waals surface area contributed by atoms with E-state index in [1.807, 2.05) is 24.3 Å². The zero-order valence-electron chi connectivity index (χ0n) is 5.55. The molecule has 1 rings (SSSR count). The highest BCUT2D eigenvalue weighted by molar-refractivity contribution is 14.1. The highest BCUT2D eigenvalue weighted by Gasteiger charge is 1.94. The van der Waals surface area contributed by atoms with Crippen LogP contribution < -0.4 is 0 Å². The molecule has 0 aliphatic rings. The standard InChI is InChI=1S/C8H9IO/c9-8-4-2-1-3-7(8)5-6-10/h1-4,10H,5-6H2. The summed E-state index contributed by atoms with van der Waals surface area (Å²) >= 11 is 2.27. The molecule has 2 heteroatoms. The van der Waals surface area contributed by atoms with E-state index in [0.717, 1.165) is 6.42 Å². The highest BCUT2D eigenvalue weighted by atomic mass is 127. The second-order valence-corrected chi connectivity index (χ2v) is 3.23. The molecule has 0 aromatic heterocycles. The van der Waals surface area contributed by atoms with Gasteiger partial charge in [-0.3, -0.25) is 0 Å². The molecule has 0 atom stereocenters. The molecule has 54 valence electrons. The molecular weight excluding hydrogens is 239 g/mol. The lowest BCUT2D eigenvalue weighted by atomic mass is 10.2. The van der Waals surface area contributed by atoms with Crippen molar-refractivity contribution in [2.75, 3.05) is 6.61 Å². The molecular formula is C8H9IO. The molecule has 0 unspecified atom stereocenters. The molecule has 0 amide bonds. The number of aliphatic hydroxyl groups is 1. The minimum Gasteiger partial charge on any atom is -0.396 e. The summed E-state index contributed by atoms with van der Waals surface area (Å²) in [6.45, 7) is 0.236. The van der Waals surface area contributed by atoms with Crippen molar-refractivity contribution in [3.05, 3.63) is 33.4 Å². The van der Waals surface area contributed by atoms with Crippen molar-refractivity contribution in [1.29, 1.82) is 0 Å². The van der Waals surface area contributed by atoms with Crippen molar-refractivity contribution in [2.45, 2.75) is 6.42 Å². The molecule has 0 heterocycles. The Bertz CT molecular complexity index is 210. The van der Waals surface area contributed by atoms with Crippen LogP contribution in [0.3, 0.4) is 0 Å². The molecule has 1 nitrogen and oxygen atoms in total. The van der Waals surface area contributed by atoms with E-state index < -0.39 is 0 Å². The number of hydrogen-bond acceptors (Lipinski definition) is 1. The fraction of sp³-hybridized carbons (Fsp3) is 0.250. The SMILES string of the molecule is OCCc1ccccc1I. The number of aliphatic hydroxyl groups excluding tert-OH is 1. The Morgan fingerprint density at radius 1 is 1.30 bits per heavy atom. The normalized spacial score (nSPS) is 9.80. The van der Waals surface area contributed by atoms with Crippen molar-refractivity contribution in [2.24, 2.45) is 0 Å². The maximum Gasteiger partial charge on any atom is 0.0471 e. The molecule has 0 bridgehead atoms. The molecule has 0 spiro atoms. The van der Waals surface area contributed by atoms with Crippen LogP contribution in [0.2, 0.25) is 0 Å². The van der Waals surface area contributed by atoms with Crippen LogP contribution in [0.25, 0.3) is 0 Å². The van der Waals surface area contributed by atoms with Crippen LogP contribution in [0, 0.1) is 3.57 Å². The fourth-order valence-corrected chi connectivity index (χ4v) is 1.48. The van der Waals surface area contributed by atoms with Gasteiger partial charge >= 0.3 is 0 Å². The smallest absolute Gasteiger partial charge is 0.0471 e. The van der Waals surface area contributed by atoms with Crippen LogP contribution in [0.5, 0.6) is 0 Å². The van der Waals surface area contributed by atoms with Gasteiger partial charge in [0.15, 0.2) is 0 Å². The molecule has 0 saturated heterocycles. The molecule has 0 fully saturated rings. The summed E-state index contributed by atoms with van der Waals surface area (Å²) < 4.78 is 1.23. The number of halogens is 1. The molecule has 1 N–H and O–H groups in total. The topological polar surface area (TPSA) is 20.2 Å². The van der Waals surface area contributed by atoms with Crippen LogP contribution in [-0.2, 0) is 6.42 Å². The number of rotatable bonds is 2. The Labute approximate surface area is 74.2 Å². The zero-order valence-corrected chi connectivity index (χ0v) is 7.71. The maximum absolute atomic E-state index is 8.64. The average molecular weight is 248 g/mol. The average Bonchev–Trinajstić information content (AvgIpc) is 1.94. The first kappa shape index (κ1) is 8.01. The summed E-state index contributed by atoms with van der Waals surface area (Å²) in [4.78, 5) is 0. The van der Waals surface area contributed by atoms with Gasteiger partial charge in [0.25, 0.3) is 0 Å². The third-order valence-electron chi connectivity index (χ3n) is 1.34. The second-order valence-electron chi connectivity index (χ2n) is 2.07. The van der Waals surface area contributed by atoms with Crippen molar-refractivity contribution < 1.29 is 5.11 Å². The third kappa shape index (κ3) is 1.95. The lowest BCUT2D eigenvalue weighted by Crippen LogP contribution is -1.92. The van der Waals surface area contributed by atoms with E-state index in [1.165, 1.54) is 9.13 Å². The van der Waals surface area contributed by atoms with E-state index in [2.05, 4.69) is 22.6 Å². The van der Waals surface area contributed by atoms with Gasteiger partial charge in [0.05, 0.1) is 0 Å². The minimum atomic E-state index is 0.236. The van der Waals surface area contributed by atoms with Gasteiger partial charge in [-0.15, -0.1) is 0 Å². The van der Waals surface area contributed by atoms with Crippen molar-refractivity contribution in [3.63, 3.8) is 0 Å². The van der Waals surface area contributed by atoms with Gasteiger partial charge < -0.3 is 5.11 Å². The fourth-order valence-electron chi connectivity index (χ4n) is 0.822. The summed E-state index contributed by atoms with van der Waals surface area (Å²) in [5.41, 5.74) is 1.23. The monoisotopic (exact) mass is 248 g/mol. The summed E-state index contributed by atoms with van der Waals surface area (Å²) in [6, 6.07) is 8.08. The van der Waals surface area contributed by atoms with Gasteiger partial charge in [-0.05, 0) is 40.6 Å². The van der Waals surface area contributed by atoms with Crippen molar-refractivity contribution >= 4 is 22.6 Å². The van der Waals surface area contributed by atoms with Crippen LogP contribution in [0.15, 0.2) is 24.3 Å². The minimum absolute atomic E-state index is 0.236. The summed E-state index contributed by atoms with van der Waals surface area (Å²) in [6.07, 6.45) is 0.763. The lowest BCUT2D eigenvalue weighted by Gasteiger charge is -1.99. The van der Waals surface area contributed by atoms with E-state index >= 15 is 0 Å². The first-order chi connectivity index (χ1) is 4.84. The molecule has 0 aliphatic heterocycles. The highest BCUT2D eigenvalue weighted by Crippen LogP contribution is 2.10.